The van der Waals surface area contributed by atoms with Gasteiger partial charge in [-0.05, 0) is 57.0 Å². The number of sulfone groups is 1. The highest BCUT2D eigenvalue weighted by atomic mass is 32.2. The second kappa shape index (κ2) is 6.97. The smallest absolute Gasteiger partial charge is 0.252 e. The van der Waals surface area contributed by atoms with Gasteiger partial charge in [-0.15, -0.1) is 11.3 Å². The SMILES string of the molecule is Cc1cc(C)c2nc(-c3ccc(C)s3)cc(C(=O)NC3CCS(=O)(=O)C3)c2c1. The van der Waals surface area contributed by atoms with Gasteiger partial charge in [-0.3, -0.25) is 4.79 Å². The van der Waals surface area contributed by atoms with Crippen LogP contribution in [-0.4, -0.2) is 36.9 Å². The van der Waals surface area contributed by atoms with Crippen molar-refractivity contribution in [1.29, 1.82) is 0 Å². The van der Waals surface area contributed by atoms with Crippen molar-refractivity contribution >= 4 is 38.0 Å². The van der Waals surface area contributed by atoms with Gasteiger partial charge in [0, 0.05) is 16.3 Å². The fourth-order valence-electron chi connectivity index (χ4n) is 3.74. The van der Waals surface area contributed by atoms with Crippen LogP contribution in [-0.2, 0) is 9.84 Å². The minimum Gasteiger partial charge on any atom is -0.348 e. The predicted octanol–water partition coefficient (Wildman–Crippen LogP) is 3.81. The molecule has 28 heavy (non-hydrogen) atoms. The molecular weight excluding hydrogens is 392 g/mol. The van der Waals surface area contributed by atoms with Crippen molar-refractivity contribution in [3.05, 3.63) is 51.9 Å². The van der Waals surface area contributed by atoms with Crippen molar-refractivity contribution in [2.45, 2.75) is 33.2 Å². The number of hydrogen-bond acceptors (Lipinski definition) is 5. The summed E-state index contributed by atoms with van der Waals surface area (Å²) in [6, 6.07) is 9.58. The summed E-state index contributed by atoms with van der Waals surface area (Å²) in [6.45, 7) is 6.03. The van der Waals surface area contributed by atoms with E-state index < -0.39 is 9.84 Å². The zero-order chi connectivity index (χ0) is 20.1. The first kappa shape index (κ1) is 19.1. The first-order chi connectivity index (χ1) is 13.2. The van der Waals surface area contributed by atoms with E-state index in [-0.39, 0.29) is 23.5 Å². The molecule has 3 heterocycles. The molecule has 0 spiro atoms. The Hall–Kier alpha value is -2.25. The van der Waals surface area contributed by atoms with Crippen molar-refractivity contribution < 1.29 is 13.2 Å². The van der Waals surface area contributed by atoms with Gasteiger partial charge in [-0.1, -0.05) is 11.6 Å². The molecule has 1 fully saturated rings. The molecular formula is C21H22N2O3S2. The highest BCUT2D eigenvalue weighted by Gasteiger charge is 2.29. The van der Waals surface area contributed by atoms with Crippen molar-refractivity contribution in [2.24, 2.45) is 0 Å². The third-order valence-electron chi connectivity index (χ3n) is 5.05. The Morgan fingerprint density at radius 1 is 1.18 bits per heavy atom. The van der Waals surface area contributed by atoms with Crippen LogP contribution in [0.5, 0.6) is 0 Å². The van der Waals surface area contributed by atoms with Crippen LogP contribution < -0.4 is 5.32 Å². The topological polar surface area (TPSA) is 76.1 Å². The first-order valence-corrected chi connectivity index (χ1v) is 11.9. The molecule has 1 aromatic carbocycles. The number of thiophene rings is 1. The third kappa shape index (κ3) is 3.69. The highest BCUT2D eigenvalue weighted by Crippen LogP contribution is 2.31. The van der Waals surface area contributed by atoms with E-state index in [0.29, 0.717) is 12.0 Å². The Kier molecular flexibility index (Phi) is 4.75. The maximum atomic E-state index is 13.1. The van der Waals surface area contributed by atoms with E-state index >= 15 is 0 Å². The van der Waals surface area contributed by atoms with E-state index in [1.807, 2.05) is 45.0 Å². The first-order valence-electron chi connectivity index (χ1n) is 9.22. The Balaban J connectivity index is 1.82. The van der Waals surface area contributed by atoms with Gasteiger partial charge in [0.1, 0.15) is 0 Å². The summed E-state index contributed by atoms with van der Waals surface area (Å²) in [6.07, 6.45) is 0.464. The number of nitrogens with one attached hydrogen (secondary N) is 1. The number of carbonyl (C=O) groups excluding carboxylic acids is 1. The number of aryl methyl sites for hydroxylation is 3. The number of pyridine rings is 1. The van der Waals surface area contributed by atoms with E-state index in [9.17, 15) is 13.2 Å². The van der Waals surface area contributed by atoms with Crippen LogP contribution >= 0.6 is 11.3 Å². The van der Waals surface area contributed by atoms with Crippen LogP contribution in [0.2, 0.25) is 0 Å². The van der Waals surface area contributed by atoms with Gasteiger partial charge < -0.3 is 5.32 Å². The summed E-state index contributed by atoms with van der Waals surface area (Å²) in [5.41, 5.74) is 4.19. The van der Waals surface area contributed by atoms with Gasteiger partial charge in [-0.2, -0.15) is 0 Å². The van der Waals surface area contributed by atoms with E-state index in [1.165, 1.54) is 4.88 Å². The maximum absolute atomic E-state index is 13.1. The van der Waals surface area contributed by atoms with Crippen LogP contribution in [0.3, 0.4) is 0 Å². The van der Waals surface area contributed by atoms with Gasteiger partial charge in [0.05, 0.1) is 33.2 Å². The average molecular weight is 415 g/mol. The molecule has 7 heteroatoms. The molecule has 146 valence electrons. The van der Waals surface area contributed by atoms with E-state index in [1.54, 1.807) is 11.3 Å². The van der Waals surface area contributed by atoms with Crippen LogP contribution in [0.15, 0.2) is 30.3 Å². The minimum absolute atomic E-state index is 0.0107. The van der Waals surface area contributed by atoms with E-state index in [2.05, 4.69) is 11.4 Å². The predicted molar refractivity (Wildman–Crippen MR) is 114 cm³/mol. The van der Waals surface area contributed by atoms with Gasteiger partial charge in [0.2, 0.25) is 0 Å². The minimum atomic E-state index is -3.05. The van der Waals surface area contributed by atoms with Gasteiger partial charge in [0.25, 0.3) is 5.91 Å². The molecule has 3 aromatic rings. The number of nitrogens with zero attached hydrogens (tertiary/aromatic N) is 1. The Morgan fingerprint density at radius 2 is 1.96 bits per heavy atom. The van der Waals surface area contributed by atoms with Crippen LogP contribution in [0.25, 0.3) is 21.5 Å². The number of hydrogen-bond donors (Lipinski definition) is 1. The Bertz CT molecular complexity index is 1200. The van der Waals surface area contributed by atoms with E-state index in [0.717, 1.165) is 32.6 Å². The van der Waals surface area contributed by atoms with Gasteiger partial charge in [0.15, 0.2) is 9.84 Å². The molecule has 1 saturated heterocycles. The lowest BCUT2D eigenvalue weighted by Crippen LogP contribution is -2.35. The molecule has 1 N–H and O–H groups in total. The monoisotopic (exact) mass is 414 g/mol. The fraction of sp³-hybridized carbons (Fsp3) is 0.333. The molecule has 1 atom stereocenters. The lowest BCUT2D eigenvalue weighted by Gasteiger charge is -2.15. The summed E-state index contributed by atoms with van der Waals surface area (Å²) in [5.74, 6) is -0.0990. The molecule has 0 radical (unpaired) electrons. The standard InChI is InChI=1S/C21H22N2O3S2/c1-12-8-13(2)20-16(9-12)17(10-18(23-20)19-5-4-14(3)27-19)21(24)22-15-6-7-28(25,26)11-15/h4-5,8-10,15H,6-7,11H2,1-3H3,(H,22,24). The van der Waals surface area contributed by atoms with Crippen molar-refractivity contribution in [3.63, 3.8) is 0 Å². The van der Waals surface area contributed by atoms with Crippen molar-refractivity contribution in [1.82, 2.24) is 10.3 Å². The van der Waals surface area contributed by atoms with Gasteiger partial charge in [-0.25, -0.2) is 13.4 Å². The number of amides is 1. The highest BCUT2D eigenvalue weighted by molar-refractivity contribution is 7.91. The van der Waals surface area contributed by atoms with Crippen molar-refractivity contribution in [3.8, 4) is 10.6 Å². The molecule has 0 saturated carbocycles. The molecule has 0 aliphatic carbocycles. The molecule has 1 unspecified atom stereocenters. The molecule has 1 amide bonds. The van der Waals surface area contributed by atoms with Crippen LogP contribution in [0.1, 0.15) is 32.8 Å². The summed E-state index contributed by atoms with van der Waals surface area (Å²) in [5, 5.41) is 3.72. The number of carbonyl (C=O) groups is 1. The second-order valence-electron chi connectivity index (χ2n) is 7.52. The second-order valence-corrected chi connectivity index (χ2v) is 11.0. The molecule has 2 aromatic heterocycles. The van der Waals surface area contributed by atoms with Crippen molar-refractivity contribution in [2.75, 3.05) is 11.5 Å². The number of fused-ring (bicyclic) bond motifs is 1. The molecule has 0 bridgehead atoms. The third-order valence-corrected chi connectivity index (χ3v) is 7.84. The van der Waals surface area contributed by atoms with E-state index in [4.69, 9.17) is 4.98 Å². The molecule has 4 rings (SSSR count). The van der Waals surface area contributed by atoms with Gasteiger partial charge >= 0.3 is 0 Å². The normalized spacial score (nSPS) is 18.5. The average Bonchev–Trinajstić information content (AvgIpc) is 3.19. The molecule has 1 aliphatic heterocycles. The lowest BCUT2D eigenvalue weighted by molar-refractivity contribution is 0.0943. The maximum Gasteiger partial charge on any atom is 0.252 e. The number of rotatable bonds is 3. The fourth-order valence-corrected chi connectivity index (χ4v) is 6.24. The molecule has 5 nitrogen and oxygen atoms in total. The summed E-state index contributed by atoms with van der Waals surface area (Å²) < 4.78 is 23.5. The molecule has 1 aliphatic rings. The Morgan fingerprint density at radius 3 is 2.61 bits per heavy atom. The zero-order valence-corrected chi connectivity index (χ0v) is 17.7. The zero-order valence-electron chi connectivity index (χ0n) is 16.1. The van der Waals surface area contributed by atoms with Crippen LogP contribution in [0.4, 0.5) is 0 Å². The lowest BCUT2D eigenvalue weighted by atomic mass is 10.0. The number of aromatic nitrogens is 1. The number of benzene rings is 1. The van der Waals surface area contributed by atoms with Crippen LogP contribution in [0, 0.1) is 20.8 Å². The Labute approximate surface area is 168 Å². The quantitative estimate of drug-likeness (QED) is 0.707. The summed E-state index contributed by atoms with van der Waals surface area (Å²) in [7, 11) is -3.05. The summed E-state index contributed by atoms with van der Waals surface area (Å²) >= 11 is 1.64. The largest absolute Gasteiger partial charge is 0.348 e. The summed E-state index contributed by atoms with van der Waals surface area (Å²) in [4.78, 5) is 20.1.